The molecule has 16 heavy (non-hydrogen) atoms. The minimum atomic E-state index is -0.808. The van der Waals surface area contributed by atoms with Gasteiger partial charge in [0, 0.05) is 18.2 Å². The summed E-state index contributed by atoms with van der Waals surface area (Å²) >= 11 is 0. The molecule has 0 radical (unpaired) electrons. The van der Waals surface area contributed by atoms with Gasteiger partial charge in [-0.2, -0.15) is 0 Å². The van der Waals surface area contributed by atoms with E-state index in [0.717, 1.165) is 0 Å². The average molecular weight is 228 g/mol. The van der Waals surface area contributed by atoms with E-state index in [9.17, 15) is 9.50 Å². The van der Waals surface area contributed by atoms with Gasteiger partial charge in [-0.3, -0.25) is 0 Å². The molecule has 1 N–H and O–H groups in total. The predicted molar refractivity (Wildman–Crippen MR) is 59.0 cm³/mol. The largest absolute Gasteiger partial charge is 0.491 e. The lowest BCUT2D eigenvalue weighted by Crippen LogP contribution is -2.06. The van der Waals surface area contributed by atoms with Crippen molar-refractivity contribution in [2.45, 2.75) is 20.0 Å². The predicted octanol–water partition coefficient (Wildman–Crippen LogP) is 2.29. The molecule has 0 saturated heterocycles. The Morgan fingerprint density at radius 3 is 2.69 bits per heavy atom. The van der Waals surface area contributed by atoms with Crippen LogP contribution in [0.4, 0.5) is 4.39 Å². The smallest absolute Gasteiger partial charge is 0.132 e. The lowest BCUT2D eigenvalue weighted by molar-refractivity contribution is 0.110. The van der Waals surface area contributed by atoms with Crippen molar-refractivity contribution in [2.24, 2.45) is 0 Å². The fourth-order valence-electron chi connectivity index (χ4n) is 1.30. The zero-order chi connectivity index (χ0) is 12.0. The zero-order valence-corrected chi connectivity index (χ0v) is 9.57. The molecule has 0 aliphatic heterocycles. The van der Waals surface area contributed by atoms with Crippen molar-refractivity contribution in [3.63, 3.8) is 0 Å². The van der Waals surface area contributed by atoms with Crippen LogP contribution in [0, 0.1) is 5.82 Å². The zero-order valence-electron chi connectivity index (χ0n) is 9.57. The van der Waals surface area contributed by atoms with Gasteiger partial charge in [0.05, 0.1) is 12.7 Å². The van der Waals surface area contributed by atoms with E-state index < -0.39 is 11.9 Å². The summed E-state index contributed by atoms with van der Waals surface area (Å²) in [6, 6.07) is 4.43. The molecule has 0 spiro atoms. The number of aliphatic hydroxyl groups excluding tert-OH is 1. The molecule has 0 aliphatic carbocycles. The van der Waals surface area contributed by atoms with Gasteiger partial charge in [-0.25, -0.2) is 4.39 Å². The molecule has 1 atom stereocenters. The van der Waals surface area contributed by atoms with Gasteiger partial charge in [0.1, 0.15) is 18.2 Å². The first kappa shape index (κ1) is 12.9. The van der Waals surface area contributed by atoms with Gasteiger partial charge in [-0.05, 0) is 26.0 Å². The van der Waals surface area contributed by atoms with Gasteiger partial charge in [0.15, 0.2) is 0 Å². The third kappa shape index (κ3) is 3.79. The van der Waals surface area contributed by atoms with Crippen LogP contribution in [-0.2, 0) is 4.74 Å². The van der Waals surface area contributed by atoms with E-state index in [1.54, 1.807) is 6.07 Å². The number of hydrogen-bond donors (Lipinski definition) is 1. The fraction of sp³-hybridized carbons (Fsp3) is 0.500. The summed E-state index contributed by atoms with van der Waals surface area (Å²) < 4.78 is 23.8. The molecule has 1 aromatic carbocycles. The average Bonchev–Trinajstić information content (AvgIpc) is 2.24. The Balaban J connectivity index is 2.53. The van der Waals surface area contributed by atoms with Gasteiger partial charge < -0.3 is 14.6 Å². The first-order valence-corrected chi connectivity index (χ1v) is 5.33. The molecule has 1 aromatic rings. The summed E-state index contributed by atoms with van der Waals surface area (Å²) in [5, 5.41) is 9.24. The summed E-state index contributed by atoms with van der Waals surface area (Å²) in [5.41, 5.74) is 0.275. The summed E-state index contributed by atoms with van der Waals surface area (Å²) in [6.45, 7) is 4.93. The van der Waals surface area contributed by atoms with Crippen LogP contribution in [0.2, 0.25) is 0 Å². The highest BCUT2D eigenvalue weighted by Gasteiger charge is 2.08. The number of rotatable bonds is 6. The number of hydrogen-bond acceptors (Lipinski definition) is 3. The fourth-order valence-corrected chi connectivity index (χ4v) is 1.30. The summed E-state index contributed by atoms with van der Waals surface area (Å²) in [7, 11) is 0. The van der Waals surface area contributed by atoms with Crippen molar-refractivity contribution in [3.8, 4) is 5.75 Å². The van der Waals surface area contributed by atoms with Gasteiger partial charge in [0.25, 0.3) is 0 Å². The van der Waals surface area contributed by atoms with E-state index in [-0.39, 0.29) is 5.56 Å². The van der Waals surface area contributed by atoms with Crippen molar-refractivity contribution in [1.82, 2.24) is 0 Å². The highest BCUT2D eigenvalue weighted by atomic mass is 19.1. The Bertz CT molecular complexity index is 326. The topological polar surface area (TPSA) is 38.7 Å². The molecule has 0 unspecified atom stereocenters. The molecule has 0 aromatic heterocycles. The van der Waals surface area contributed by atoms with Crippen molar-refractivity contribution in [1.29, 1.82) is 0 Å². The first-order chi connectivity index (χ1) is 7.65. The number of halogens is 1. The van der Waals surface area contributed by atoms with E-state index in [4.69, 9.17) is 9.47 Å². The van der Waals surface area contributed by atoms with Crippen LogP contribution in [-0.4, -0.2) is 24.9 Å². The molecule has 90 valence electrons. The molecule has 1 rings (SSSR count). The van der Waals surface area contributed by atoms with E-state index >= 15 is 0 Å². The highest BCUT2D eigenvalue weighted by Crippen LogP contribution is 2.21. The minimum Gasteiger partial charge on any atom is -0.491 e. The monoisotopic (exact) mass is 228 g/mol. The van der Waals surface area contributed by atoms with Gasteiger partial charge in [-0.15, -0.1) is 0 Å². The summed E-state index contributed by atoms with van der Waals surface area (Å²) in [6.07, 6.45) is -0.808. The van der Waals surface area contributed by atoms with Crippen LogP contribution in [0.25, 0.3) is 0 Å². The molecular formula is C12H17FO3. The SMILES string of the molecule is CCOCCOc1ccc([C@@H](C)O)c(F)c1. The maximum Gasteiger partial charge on any atom is 0.132 e. The van der Waals surface area contributed by atoms with Gasteiger partial charge in [-0.1, -0.05) is 0 Å². The van der Waals surface area contributed by atoms with Crippen molar-refractivity contribution < 1.29 is 19.0 Å². The normalized spacial score (nSPS) is 12.5. The van der Waals surface area contributed by atoms with Crippen LogP contribution in [0.5, 0.6) is 5.75 Å². The standard InChI is InChI=1S/C12H17FO3/c1-3-15-6-7-16-10-4-5-11(9(2)14)12(13)8-10/h4-5,8-9,14H,3,6-7H2,1-2H3/t9-/m1/s1. The molecule has 0 amide bonds. The maximum absolute atomic E-state index is 13.4. The van der Waals surface area contributed by atoms with Crippen LogP contribution in [0.1, 0.15) is 25.5 Å². The molecular weight excluding hydrogens is 211 g/mol. The molecule has 4 heteroatoms. The third-order valence-corrected chi connectivity index (χ3v) is 2.12. The lowest BCUT2D eigenvalue weighted by Gasteiger charge is -2.09. The summed E-state index contributed by atoms with van der Waals surface area (Å²) in [5.74, 6) is -0.00878. The number of ether oxygens (including phenoxy) is 2. The highest BCUT2D eigenvalue weighted by molar-refractivity contribution is 5.29. The maximum atomic E-state index is 13.4. The van der Waals surface area contributed by atoms with Crippen LogP contribution in [0.3, 0.4) is 0 Å². The molecule has 0 heterocycles. The Kier molecular flexibility index (Phi) is 5.22. The Morgan fingerprint density at radius 2 is 2.12 bits per heavy atom. The molecule has 0 saturated carbocycles. The summed E-state index contributed by atoms with van der Waals surface area (Å²) in [4.78, 5) is 0. The van der Waals surface area contributed by atoms with E-state index in [1.165, 1.54) is 19.1 Å². The molecule has 0 bridgehead atoms. The van der Waals surface area contributed by atoms with E-state index in [2.05, 4.69) is 0 Å². The lowest BCUT2D eigenvalue weighted by atomic mass is 10.1. The Morgan fingerprint density at radius 1 is 1.38 bits per heavy atom. The second-order valence-corrected chi connectivity index (χ2v) is 3.40. The number of benzene rings is 1. The van der Waals surface area contributed by atoms with E-state index in [0.29, 0.717) is 25.6 Å². The number of aliphatic hydroxyl groups is 1. The van der Waals surface area contributed by atoms with Gasteiger partial charge >= 0.3 is 0 Å². The van der Waals surface area contributed by atoms with Crippen molar-refractivity contribution in [3.05, 3.63) is 29.6 Å². The third-order valence-electron chi connectivity index (χ3n) is 2.12. The van der Waals surface area contributed by atoms with Crippen LogP contribution < -0.4 is 4.74 Å². The van der Waals surface area contributed by atoms with Crippen LogP contribution in [0.15, 0.2) is 18.2 Å². The Hall–Kier alpha value is -1.13. The molecule has 0 fully saturated rings. The first-order valence-electron chi connectivity index (χ1n) is 5.33. The van der Waals surface area contributed by atoms with Crippen molar-refractivity contribution >= 4 is 0 Å². The van der Waals surface area contributed by atoms with E-state index in [1.807, 2.05) is 6.92 Å². The minimum absolute atomic E-state index is 0.275. The Labute approximate surface area is 94.8 Å². The molecule has 0 aliphatic rings. The quantitative estimate of drug-likeness (QED) is 0.759. The van der Waals surface area contributed by atoms with Gasteiger partial charge in [0.2, 0.25) is 0 Å². The second kappa shape index (κ2) is 6.45. The second-order valence-electron chi connectivity index (χ2n) is 3.40. The van der Waals surface area contributed by atoms with Crippen LogP contribution >= 0.6 is 0 Å². The van der Waals surface area contributed by atoms with Crippen molar-refractivity contribution in [2.75, 3.05) is 19.8 Å². The molecule has 3 nitrogen and oxygen atoms in total.